The molecule has 222 valence electrons. The highest BCUT2D eigenvalue weighted by Gasteiger charge is 2.35. The highest BCUT2D eigenvalue weighted by atomic mass is 32.1. The summed E-state index contributed by atoms with van der Waals surface area (Å²) in [6.07, 6.45) is 9.55. The van der Waals surface area contributed by atoms with Gasteiger partial charge < -0.3 is 14.2 Å². The highest BCUT2D eigenvalue weighted by molar-refractivity contribution is 7.17. The number of methoxy groups -OCH3 is 1. The van der Waals surface area contributed by atoms with Crippen LogP contribution in [0.5, 0.6) is 10.9 Å². The molecule has 8 nitrogen and oxygen atoms in total. The van der Waals surface area contributed by atoms with E-state index in [-0.39, 0.29) is 21.7 Å². The molecule has 1 aromatic carbocycles. The first kappa shape index (κ1) is 31.1. The molecule has 1 aliphatic rings. The largest absolute Gasteiger partial charge is 0.496 e. The minimum Gasteiger partial charge on any atom is -0.496 e. The molecule has 0 radical (unpaired) electrons. The first-order valence-corrected chi connectivity index (χ1v) is 14.7. The Bertz CT molecular complexity index is 1520. The Morgan fingerprint density at radius 1 is 1.26 bits per heavy atom. The SMILES string of the molecule is C\C=C(/C=C\C(CCOc1nnc(NC(=O)c2cnc(C)cc2-c2c(F)cccc2OC)s1)=C(\C)CC)C1(C)COC1. The quantitative estimate of drug-likeness (QED) is 0.220. The number of halogens is 1. The summed E-state index contributed by atoms with van der Waals surface area (Å²) in [4.78, 5) is 17.5. The van der Waals surface area contributed by atoms with Gasteiger partial charge in [0.25, 0.3) is 11.1 Å². The second-order valence-corrected chi connectivity index (χ2v) is 11.3. The van der Waals surface area contributed by atoms with Crippen LogP contribution in [0, 0.1) is 18.2 Å². The van der Waals surface area contributed by atoms with E-state index in [1.54, 1.807) is 25.1 Å². The van der Waals surface area contributed by atoms with Crippen LogP contribution in [0.1, 0.15) is 56.6 Å². The predicted octanol–water partition coefficient (Wildman–Crippen LogP) is 7.34. The molecular formula is C32H37FN4O4S. The molecule has 2 aromatic heterocycles. The molecule has 0 bridgehead atoms. The lowest BCUT2D eigenvalue weighted by molar-refractivity contribution is -0.0759. The summed E-state index contributed by atoms with van der Waals surface area (Å²) in [6, 6.07) is 6.18. The molecule has 1 saturated heterocycles. The lowest BCUT2D eigenvalue weighted by Crippen LogP contribution is -2.40. The van der Waals surface area contributed by atoms with Crippen molar-refractivity contribution >= 4 is 22.4 Å². The van der Waals surface area contributed by atoms with Crippen LogP contribution in [0.25, 0.3) is 11.1 Å². The van der Waals surface area contributed by atoms with Gasteiger partial charge in [0.2, 0.25) is 5.13 Å². The third-order valence-electron chi connectivity index (χ3n) is 7.37. The zero-order valence-electron chi connectivity index (χ0n) is 24.9. The molecule has 42 heavy (non-hydrogen) atoms. The third kappa shape index (κ3) is 7.11. The van der Waals surface area contributed by atoms with Gasteiger partial charge in [0, 0.05) is 29.3 Å². The maximum Gasteiger partial charge on any atom is 0.295 e. The van der Waals surface area contributed by atoms with Gasteiger partial charge in [-0.3, -0.25) is 15.1 Å². The van der Waals surface area contributed by atoms with E-state index in [2.05, 4.69) is 66.4 Å². The second kappa shape index (κ2) is 13.8. The van der Waals surface area contributed by atoms with Gasteiger partial charge in [-0.15, -0.1) is 5.10 Å². The summed E-state index contributed by atoms with van der Waals surface area (Å²) in [5.41, 5.74) is 5.21. The van der Waals surface area contributed by atoms with E-state index in [0.717, 1.165) is 31.0 Å². The van der Waals surface area contributed by atoms with Crippen molar-refractivity contribution in [2.24, 2.45) is 5.41 Å². The molecule has 0 atom stereocenters. The summed E-state index contributed by atoms with van der Waals surface area (Å²) in [6.45, 7) is 12.2. The smallest absolute Gasteiger partial charge is 0.295 e. The Labute approximate surface area is 250 Å². The number of rotatable bonds is 12. The Morgan fingerprint density at radius 3 is 2.71 bits per heavy atom. The standard InChI is InChI=1S/C32H37FN4O4S/c1-7-20(3)22(12-13-23(8-2)32(5)18-40-19-32)14-15-41-31-37-36-30(42-31)35-29(38)25-17-34-21(4)16-24(25)28-26(33)10-9-11-27(28)39-6/h8-13,16-17H,7,14-15,18-19H2,1-6H3,(H,35,36,38)/b13-12-,22-20+,23-8+. The number of allylic oxidation sites excluding steroid dienone is 4. The Morgan fingerprint density at radius 2 is 2.05 bits per heavy atom. The van der Waals surface area contributed by atoms with Crippen molar-refractivity contribution in [2.75, 3.05) is 32.2 Å². The molecule has 1 aliphatic heterocycles. The van der Waals surface area contributed by atoms with E-state index in [4.69, 9.17) is 14.2 Å². The van der Waals surface area contributed by atoms with Crippen molar-refractivity contribution in [1.82, 2.24) is 15.2 Å². The number of aromatic nitrogens is 3. The molecule has 4 rings (SSSR count). The number of ether oxygens (including phenoxy) is 3. The zero-order chi connectivity index (χ0) is 30.3. The van der Waals surface area contributed by atoms with Crippen LogP contribution in [-0.2, 0) is 4.74 Å². The number of aryl methyl sites for hydroxylation is 1. The summed E-state index contributed by atoms with van der Waals surface area (Å²) >= 11 is 1.12. The van der Waals surface area contributed by atoms with Gasteiger partial charge in [-0.2, -0.15) is 0 Å². The number of hydrogen-bond acceptors (Lipinski definition) is 8. The summed E-state index contributed by atoms with van der Waals surface area (Å²) < 4.78 is 31.6. The van der Waals surface area contributed by atoms with E-state index in [1.807, 2.05) is 0 Å². The van der Waals surface area contributed by atoms with Gasteiger partial charge in [-0.05, 0) is 67.9 Å². The van der Waals surface area contributed by atoms with Gasteiger partial charge in [0.05, 0.1) is 38.1 Å². The minimum atomic E-state index is -0.504. The fourth-order valence-corrected chi connectivity index (χ4v) is 5.31. The van der Waals surface area contributed by atoms with Crippen LogP contribution >= 0.6 is 11.3 Å². The number of benzene rings is 1. The van der Waals surface area contributed by atoms with Crippen molar-refractivity contribution in [1.29, 1.82) is 0 Å². The predicted molar refractivity (Wildman–Crippen MR) is 164 cm³/mol. The molecule has 3 heterocycles. The number of nitrogens with one attached hydrogen (secondary N) is 1. The van der Waals surface area contributed by atoms with E-state index in [1.165, 1.54) is 36.1 Å². The first-order chi connectivity index (χ1) is 20.2. The summed E-state index contributed by atoms with van der Waals surface area (Å²) in [5, 5.41) is 11.5. The average Bonchev–Trinajstić information content (AvgIpc) is 3.41. The third-order valence-corrected chi connectivity index (χ3v) is 8.12. The van der Waals surface area contributed by atoms with Gasteiger partial charge in [-0.25, -0.2) is 4.39 Å². The van der Waals surface area contributed by atoms with Crippen LogP contribution in [-0.4, -0.2) is 48.0 Å². The molecule has 1 N–H and O–H groups in total. The van der Waals surface area contributed by atoms with Crippen LogP contribution in [0.15, 0.2) is 65.4 Å². The Balaban J connectivity index is 1.43. The minimum absolute atomic E-state index is 0.0666. The number of nitrogens with zero attached hydrogens (tertiary/aromatic N) is 3. The van der Waals surface area contributed by atoms with Crippen molar-refractivity contribution in [3.8, 4) is 22.1 Å². The van der Waals surface area contributed by atoms with E-state index >= 15 is 0 Å². The fourth-order valence-electron chi connectivity index (χ4n) is 4.69. The van der Waals surface area contributed by atoms with E-state index in [0.29, 0.717) is 35.2 Å². The monoisotopic (exact) mass is 592 g/mol. The van der Waals surface area contributed by atoms with Gasteiger partial charge in [0.1, 0.15) is 11.6 Å². The molecule has 1 fully saturated rings. The Hall–Kier alpha value is -3.89. The fraction of sp³-hybridized carbons (Fsp3) is 0.375. The highest BCUT2D eigenvalue weighted by Crippen LogP contribution is 2.37. The van der Waals surface area contributed by atoms with Crippen LogP contribution in [0.3, 0.4) is 0 Å². The number of carbonyl (C=O) groups is 1. The molecular weight excluding hydrogens is 555 g/mol. The molecule has 3 aromatic rings. The number of pyridine rings is 1. The second-order valence-electron chi connectivity index (χ2n) is 10.4. The molecule has 0 aliphatic carbocycles. The summed E-state index contributed by atoms with van der Waals surface area (Å²) in [5.74, 6) is -0.684. The number of amides is 1. The van der Waals surface area contributed by atoms with E-state index in [9.17, 15) is 9.18 Å². The summed E-state index contributed by atoms with van der Waals surface area (Å²) in [7, 11) is 1.46. The molecule has 1 amide bonds. The lowest BCUT2D eigenvalue weighted by Gasteiger charge is -2.39. The van der Waals surface area contributed by atoms with Crippen LogP contribution in [0.2, 0.25) is 0 Å². The Kier molecular flexibility index (Phi) is 10.2. The first-order valence-electron chi connectivity index (χ1n) is 13.9. The average molecular weight is 593 g/mol. The topological polar surface area (TPSA) is 95.5 Å². The van der Waals surface area contributed by atoms with Gasteiger partial charge >= 0.3 is 0 Å². The maximum atomic E-state index is 14.9. The number of carbonyl (C=O) groups excluding carboxylic acids is 1. The molecule has 10 heteroatoms. The molecule has 0 spiro atoms. The van der Waals surface area contributed by atoms with Crippen LogP contribution in [0.4, 0.5) is 9.52 Å². The van der Waals surface area contributed by atoms with Crippen molar-refractivity contribution in [2.45, 2.75) is 47.5 Å². The normalized spacial score (nSPS) is 15.3. The van der Waals surface area contributed by atoms with Crippen molar-refractivity contribution in [3.05, 3.63) is 82.5 Å². The van der Waals surface area contributed by atoms with Crippen molar-refractivity contribution < 1.29 is 23.4 Å². The number of anilines is 1. The molecule has 0 saturated carbocycles. The van der Waals surface area contributed by atoms with Crippen LogP contribution < -0.4 is 14.8 Å². The van der Waals surface area contributed by atoms with Crippen molar-refractivity contribution in [3.63, 3.8) is 0 Å². The molecule has 0 unspecified atom stereocenters. The van der Waals surface area contributed by atoms with Gasteiger partial charge in [-0.1, -0.05) is 48.8 Å². The zero-order valence-corrected chi connectivity index (χ0v) is 25.7. The maximum absolute atomic E-state index is 14.9. The lowest BCUT2D eigenvalue weighted by atomic mass is 9.79. The number of hydrogen-bond donors (Lipinski definition) is 1. The van der Waals surface area contributed by atoms with Gasteiger partial charge in [0.15, 0.2) is 0 Å². The van der Waals surface area contributed by atoms with E-state index < -0.39 is 11.7 Å².